The number of halogens is 2. The van der Waals surface area contributed by atoms with Gasteiger partial charge in [0, 0.05) is 10.0 Å². The lowest BCUT2D eigenvalue weighted by Crippen LogP contribution is -1.97. The van der Waals surface area contributed by atoms with Crippen LogP contribution in [0.25, 0.3) is 0 Å². The van der Waals surface area contributed by atoms with E-state index in [1.54, 1.807) is 14.2 Å². The minimum absolute atomic E-state index is 0.0749. The summed E-state index contributed by atoms with van der Waals surface area (Å²) in [5, 5.41) is 0. The summed E-state index contributed by atoms with van der Waals surface area (Å²) >= 11 is 7.22. The summed E-state index contributed by atoms with van der Waals surface area (Å²) < 4.78 is 11.6. The monoisotopic (exact) mass is 384 g/mol. The van der Waals surface area contributed by atoms with Crippen LogP contribution in [-0.4, -0.2) is 14.2 Å². The summed E-state index contributed by atoms with van der Waals surface area (Å²) in [5.74, 6) is 1.71. The second-order valence-corrected chi connectivity index (χ2v) is 5.85. The second-order valence-electron chi connectivity index (χ2n) is 4.02. The Balaban J connectivity index is 2.36. The molecule has 0 fully saturated rings. The van der Waals surface area contributed by atoms with E-state index >= 15 is 0 Å². The van der Waals surface area contributed by atoms with Crippen molar-refractivity contribution in [3.63, 3.8) is 0 Å². The van der Waals surface area contributed by atoms with Crippen LogP contribution < -0.4 is 9.47 Å². The molecule has 0 aliphatic heterocycles. The molecule has 1 atom stereocenters. The molecular formula is C15H14Br2O2. The molecule has 0 heterocycles. The zero-order chi connectivity index (χ0) is 13.8. The van der Waals surface area contributed by atoms with Crippen molar-refractivity contribution >= 4 is 31.9 Å². The van der Waals surface area contributed by atoms with Gasteiger partial charge in [0.2, 0.25) is 0 Å². The molecule has 19 heavy (non-hydrogen) atoms. The SMILES string of the molecule is COc1ccc(C(Br)c2cc(Br)ccc2OC)cc1. The van der Waals surface area contributed by atoms with Crippen molar-refractivity contribution in [2.24, 2.45) is 0 Å². The highest BCUT2D eigenvalue weighted by Gasteiger charge is 2.15. The van der Waals surface area contributed by atoms with Crippen LogP contribution in [0.3, 0.4) is 0 Å². The predicted molar refractivity (Wildman–Crippen MR) is 84.5 cm³/mol. The minimum atomic E-state index is 0.0749. The van der Waals surface area contributed by atoms with Crippen LogP contribution >= 0.6 is 31.9 Å². The smallest absolute Gasteiger partial charge is 0.123 e. The summed E-state index contributed by atoms with van der Waals surface area (Å²) in [6.45, 7) is 0. The summed E-state index contributed by atoms with van der Waals surface area (Å²) in [6.07, 6.45) is 0. The molecule has 0 aliphatic carbocycles. The van der Waals surface area contributed by atoms with Crippen molar-refractivity contribution in [2.45, 2.75) is 4.83 Å². The molecule has 4 heteroatoms. The molecule has 0 N–H and O–H groups in total. The third-order valence-electron chi connectivity index (χ3n) is 2.87. The van der Waals surface area contributed by atoms with Crippen molar-refractivity contribution in [3.8, 4) is 11.5 Å². The Hall–Kier alpha value is -1.00. The molecule has 2 aromatic rings. The first kappa shape index (κ1) is 14.4. The Morgan fingerprint density at radius 3 is 2.21 bits per heavy atom. The second kappa shape index (κ2) is 6.44. The van der Waals surface area contributed by atoms with Crippen molar-refractivity contribution < 1.29 is 9.47 Å². The van der Waals surface area contributed by atoms with E-state index in [0.29, 0.717) is 0 Å². The highest BCUT2D eigenvalue weighted by atomic mass is 79.9. The third kappa shape index (κ3) is 3.31. The van der Waals surface area contributed by atoms with Gasteiger partial charge in [0.05, 0.1) is 19.0 Å². The maximum Gasteiger partial charge on any atom is 0.123 e. The first-order chi connectivity index (χ1) is 9.15. The maximum atomic E-state index is 5.41. The van der Waals surface area contributed by atoms with Gasteiger partial charge in [0.25, 0.3) is 0 Å². The molecule has 100 valence electrons. The maximum absolute atomic E-state index is 5.41. The predicted octanol–water partition coefficient (Wildman–Crippen LogP) is 4.95. The van der Waals surface area contributed by atoms with Crippen LogP contribution in [0, 0.1) is 0 Å². The lowest BCUT2D eigenvalue weighted by Gasteiger charge is -2.15. The van der Waals surface area contributed by atoms with E-state index in [1.165, 1.54) is 0 Å². The van der Waals surface area contributed by atoms with Gasteiger partial charge in [-0.1, -0.05) is 44.0 Å². The highest BCUT2D eigenvalue weighted by Crippen LogP contribution is 2.38. The van der Waals surface area contributed by atoms with E-state index in [1.807, 2.05) is 36.4 Å². The van der Waals surface area contributed by atoms with Crippen molar-refractivity contribution in [3.05, 3.63) is 58.1 Å². The van der Waals surface area contributed by atoms with E-state index in [0.717, 1.165) is 27.1 Å². The van der Waals surface area contributed by atoms with E-state index in [-0.39, 0.29) is 4.83 Å². The fourth-order valence-electron chi connectivity index (χ4n) is 1.86. The number of rotatable bonds is 4. The molecule has 0 aromatic heterocycles. The quantitative estimate of drug-likeness (QED) is 0.693. The van der Waals surface area contributed by atoms with Gasteiger partial charge in [0.15, 0.2) is 0 Å². The van der Waals surface area contributed by atoms with Gasteiger partial charge in [-0.3, -0.25) is 0 Å². The topological polar surface area (TPSA) is 18.5 Å². The molecule has 2 rings (SSSR count). The molecule has 2 aromatic carbocycles. The standard InChI is InChI=1S/C15H14Br2O2/c1-18-12-6-3-10(4-7-12)15(17)13-9-11(16)5-8-14(13)19-2/h3-9,15H,1-2H3. The molecule has 0 bridgehead atoms. The van der Waals surface area contributed by atoms with Crippen molar-refractivity contribution in [1.82, 2.24) is 0 Å². The molecule has 0 spiro atoms. The summed E-state index contributed by atoms with van der Waals surface area (Å²) in [7, 11) is 3.35. The van der Waals surface area contributed by atoms with Gasteiger partial charge in [-0.2, -0.15) is 0 Å². The first-order valence-corrected chi connectivity index (χ1v) is 7.48. The molecule has 0 aliphatic rings. The average molecular weight is 386 g/mol. The Morgan fingerprint density at radius 1 is 0.947 bits per heavy atom. The fraction of sp³-hybridized carbons (Fsp3) is 0.200. The van der Waals surface area contributed by atoms with E-state index < -0.39 is 0 Å². The lowest BCUT2D eigenvalue weighted by molar-refractivity contribution is 0.410. The molecule has 1 unspecified atom stereocenters. The zero-order valence-electron chi connectivity index (χ0n) is 10.7. The van der Waals surface area contributed by atoms with Crippen molar-refractivity contribution in [1.29, 1.82) is 0 Å². The van der Waals surface area contributed by atoms with Crippen LogP contribution in [0.2, 0.25) is 0 Å². The highest BCUT2D eigenvalue weighted by molar-refractivity contribution is 9.10. The number of alkyl halides is 1. The number of hydrogen-bond donors (Lipinski definition) is 0. The summed E-state index contributed by atoms with van der Waals surface area (Å²) in [6, 6.07) is 14.0. The van der Waals surface area contributed by atoms with Crippen LogP contribution in [-0.2, 0) is 0 Å². The normalized spacial score (nSPS) is 12.0. The molecular weight excluding hydrogens is 372 g/mol. The van der Waals surface area contributed by atoms with Crippen LogP contribution in [0.15, 0.2) is 46.9 Å². The number of benzene rings is 2. The molecule has 0 radical (unpaired) electrons. The number of hydrogen-bond acceptors (Lipinski definition) is 2. The van der Waals surface area contributed by atoms with Gasteiger partial charge in [0.1, 0.15) is 11.5 Å². The van der Waals surface area contributed by atoms with Gasteiger partial charge in [-0.25, -0.2) is 0 Å². The van der Waals surface area contributed by atoms with E-state index in [9.17, 15) is 0 Å². The van der Waals surface area contributed by atoms with Crippen LogP contribution in [0.1, 0.15) is 16.0 Å². The van der Waals surface area contributed by atoms with Crippen molar-refractivity contribution in [2.75, 3.05) is 14.2 Å². The summed E-state index contributed by atoms with van der Waals surface area (Å²) in [5.41, 5.74) is 2.24. The third-order valence-corrected chi connectivity index (χ3v) is 4.39. The Kier molecular flexibility index (Phi) is 4.88. The van der Waals surface area contributed by atoms with Gasteiger partial charge < -0.3 is 9.47 Å². The first-order valence-electron chi connectivity index (χ1n) is 5.77. The van der Waals surface area contributed by atoms with Gasteiger partial charge >= 0.3 is 0 Å². The Labute approximate surface area is 130 Å². The number of ether oxygens (including phenoxy) is 2. The number of methoxy groups -OCH3 is 2. The zero-order valence-corrected chi connectivity index (χ0v) is 13.9. The van der Waals surface area contributed by atoms with Gasteiger partial charge in [-0.05, 0) is 35.9 Å². The molecule has 0 saturated carbocycles. The Bertz CT molecular complexity index is 553. The van der Waals surface area contributed by atoms with Crippen LogP contribution in [0.4, 0.5) is 0 Å². The lowest BCUT2D eigenvalue weighted by atomic mass is 10.0. The van der Waals surface area contributed by atoms with E-state index in [2.05, 4.69) is 37.9 Å². The average Bonchev–Trinajstić information content (AvgIpc) is 2.46. The van der Waals surface area contributed by atoms with E-state index in [4.69, 9.17) is 9.47 Å². The molecule has 0 amide bonds. The minimum Gasteiger partial charge on any atom is -0.497 e. The fourth-order valence-corrected chi connectivity index (χ4v) is 2.90. The van der Waals surface area contributed by atoms with Gasteiger partial charge in [-0.15, -0.1) is 0 Å². The Morgan fingerprint density at radius 2 is 1.63 bits per heavy atom. The largest absolute Gasteiger partial charge is 0.497 e. The van der Waals surface area contributed by atoms with Crippen LogP contribution in [0.5, 0.6) is 11.5 Å². The molecule has 0 saturated heterocycles. The molecule has 2 nitrogen and oxygen atoms in total. The summed E-state index contributed by atoms with van der Waals surface area (Å²) in [4.78, 5) is 0.0749.